The van der Waals surface area contributed by atoms with Gasteiger partial charge in [-0.3, -0.25) is 9.78 Å². The van der Waals surface area contributed by atoms with E-state index in [9.17, 15) is 9.59 Å². The molecular formula is C14H17N2O2. The first-order valence-corrected chi connectivity index (χ1v) is 6.18. The molecule has 1 aliphatic carbocycles. The minimum absolute atomic E-state index is 0.298. The molecule has 1 fully saturated rings. The standard InChI is InChI=1S/C14H17N2O2/c1-11-10-16(14(18)15-13(11)17)9-5-4-8-12-6-2-3-7-12/h2-3,6-7,10H,4-5,8-9H2,1H3,(H,15,17,18). The third kappa shape index (κ3) is 3.34. The van der Waals surface area contributed by atoms with Gasteiger partial charge in [-0.05, 0) is 51.4 Å². The van der Waals surface area contributed by atoms with Gasteiger partial charge in [0, 0.05) is 18.3 Å². The molecule has 1 heterocycles. The first kappa shape index (κ1) is 13.1. The first-order chi connectivity index (χ1) is 8.66. The number of nitrogens with one attached hydrogen (secondary N) is 1. The molecule has 0 bridgehead atoms. The van der Waals surface area contributed by atoms with Crippen LogP contribution in [0.15, 0.2) is 15.8 Å². The lowest BCUT2D eigenvalue weighted by molar-refractivity contribution is 0.571. The summed E-state index contributed by atoms with van der Waals surface area (Å²) in [7, 11) is 0. The molecular weight excluding hydrogens is 228 g/mol. The Morgan fingerprint density at radius 3 is 2.61 bits per heavy atom. The minimum Gasteiger partial charge on any atom is -0.300 e. The van der Waals surface area contributed by atoms with Gasteiger partial charge in [0.1, 0.15) is 0 Å². The molecule has 2 rings (SSSR count). The number of hydrogen-bond donors (Lipinski definition) is 1. The van der Waals surface area contributed by atoms with Gasteiger partial charge in [0.25, 0.3) is 5.56 Å². The normalized spacial score (nSPS) is 16.3. The highest BCUT2D eigenvalue weighted by atomic mass is 16.2. The number of aromatic nitrogens is 2. The molecule has 18 heavy (non-hydrogen) atoms. The van der Waals surface area contributed by atoms with E-state index in [2.05, 4.69) is 17.8 Å². The minimum atomic E-state index is -0.320. The van der Waals surface area contributed by atoms with Crippen molar-refractivity contribution in [3.05, 3.63) is 64.2 Å². The van der Waals surface area contributed by atoms with Gasteiger partial charge in [-0.1, -0.05) is 6.42 Å². The van der Waals surface area contributed by atoms with Crippen LogP contribution < -0.4 is 11.2 Å². The maximum Gasteiger partial charge on any atom is 0.328 e. The molecule has 5 radical (unpaired) electrons. The summed E-state index contributed by atoms with van der Waals surface area (Å²) in [6.45, 7) is 2.36. The Balaban J connectivity index is 1.81. The molecule has 0 amide bonds. The van der Waals surface area contributed by atoms with E-state index in [1.54, 1.807) is 17.7 Å². The Kier molecular flexibility index (Phi) is 4.39. The molecule has 4 heteroatoms. The van der Waals surface area contributed by atoms with Crippen molar-refractivity contribution < 1.29 is 0 Å². The lowest BCUT2D eigenvalue weighted by Gasteiger charge is -2.08. The van der Waals surface area contributed by atoms with Gasteiger partial charge in [-0.25, -0.2) is 4.79 Å². The molecule has 0 saturated heterocycles. The lowest BCUT2D eigenvalue weighted by Crippen LogP contribution is -2.30. The first-order valence-electron chi connectivity index (χ1n) is 6.18. The van der Waals surface area contributed by atoms with Crippen molar-refractivity contribution in [3.8, 4) is 0 Å². The SMILES string of the molecule is Cc1cn(CCCC[C]2[CH][CH][CH][CH]2)c(=O)[nH]c1=O. The van der Waals surface area contributed by atoms with E-state index in [1.165, 1.54) is 5.92 Å². The van der Waals surface area contributed by atoms with Gasteiger partial charge in [0.15, 0.2) is 0 Å². The number of H-pyrrole nitrogens is 1. The molecule has 1 N–H and O–H groups in total. The Morgan fingerprint density at radius 2 is 1.89 bits per heavy atom. The van der Waals surface area contributed by atoms with Gasteiger partial charge in [-0.2, -0.15) is 0 Å². The molecule has 1 aromatic rings. The molecule has 1 aliphatic rings. The number of nitrogens with zero attached hydrogens (tertiary/aromatic N) is 1. The van der Waals surface area contributed by atoms with E-state index >= 15 is 0 Å². The van der Waals surface area contributed by atoms with Crippen molar-refractivity contribution in [2.45, 2.75) is 32.7 Å². The molecule has 0 unspecified atom stereocenters. The van der Waals surface area contributed by atoms with Crippen molar-refractivity contribution in [1.29, 1.82) is 0 Å². The van der Waals surface area contributed by atoms with Crippen LogP contribution in [0.1, 0.15) is 24.8 Å². The highest BCUT2D eigenvalue weighted by Crippen LogP contribution is 2.27. The van der Waals surface area contributed by atoms with Gasteiger partial charge >= 0.3 is 5.69 Å². The van der Waals surface area contributed by atoms with Gasteiger partial charge < -0.3 is 4.57 Å². The summed E-state index contributed by atoms with van der Waals surface area (Å²) in [6.07, 6.45) is 12.9. The third-order valence-corrected chi connectivity index (χ3v) is 3.04. The summed E-state index contributed by atoms with van der Waals surface area (Å²) in [5, 5.41) is 0. The summed E-state index contributed by atoms with van der Waals surface area (Å²) in [5.41, 5.74) is -0.0439. The molecule has 0 spiro atoms. The zero-order chi connectivity index (χ0) is 13.0. The second-order valence-corrected chi connectivity index (χ2v) is 4.52. The Bertz CT molecular complexity index is 495. The van der Waals surface area contributed by atoms with Gasteiger partial charge in [0.2, 0.25) is 0 Å². The molecule has 0 aliphatic heterocycles. The fourth-order valence-corrected chi connectivity index (χ4v) is 1.98. The van der Waals surface area contributed by atoms with E-state index in [4.69, 9.17) is 0 Å². The largest absolute Gasteiger partial charge is 0.328 e. The summed E-state index contributed by atoms with van der Waals surface area (Å²) in [5.74, 6) is 1.33. The Morgan fingerprint density at radius 1 is 1.17 bits per heavy atom. The van der Waals surface area contributed by atoms with E-state index < -0.39 is 0 Å². The van der Waals surface area contributed by atoms with Gasteiger partial charge in [0.05, 0.1) is 0 Å². The van der Waals surface area contributed by atoms with Crippen LogP contribution in [0.2, 0.25) is 0 Å². The maximum absolute atomic E-state index is 11.5. The van der Waals surface area contributed by atoms with Crippen molar-refractivity contribution in [2.75, 3.05) is 0 Å². The van der Waals surface area contributed by atoms with Crippen LogP contribution in [-0.4, -0.2) is 9.55 Å². The highest BCUT2D eigenvalue weighted by molar-refractivity contribution is 5.34. The summed E-state index contributed by atoms with van der Waals surface area (Å²) < 4.78 is 1.57. The van der Waals surface area contributed by atoms with Crippen LogP contribution in [0.5, 0.6) is 0 Å². The monoisotopic (exact) mass is 245 g/mol. The van der Waals surface area contributed by atoms with Crippen LogP contribution in [0.4, 0.5) is 0 Å². The predicted molar refractivity (Wildman–Crippen MR) is 70.4 cm³/mol. The zero-order valence-electron chi connectivity index (χ0n) is 10.5. The van der Waals surface area contributed by atoms with Crippen LogP contribution in [0, 0.1) is 38.5 Å². The third-order valence-electron chi connectivity index (χ3n) is 3.04. The molecule has 0 aromatic carbocycles. The van der Waals surface area contributed by atoms with E-state index in [0.717, 1.165) is 19.3 Å². The maximum atomic E-state index is 11.5. The highest BCUT2D eigenvalue weighted by Gasteiger charge is 2.15. The Labute approximate surface area is 107 Å². The predicted octanol–water partition coefficient (Wildman–Crippen LogP) is 1.42. The second kappa shape index (κ2) is 6.03. The van der Waals surface area contributed by atoms with Crippen molar-refractivity contribution in [2.24, 2.45) is 0 Å². The van der Waals surface area contributed by atoms with Crippen molar-refractivity contribution in [3.63, 3.8) is 0 Å². The average Bonchev–Trinajstić information content (AvgIpc) is 2.84. The van der Waals surface area contributed by atoms with Gasteiger partial charge in [-0.15, -0.1) is 0 Å². The van der Waals surface area contributed by atoms with E-state index in [-0.39, 0.29) is 11.2 Å². The summed E-state index contributed by atoms with van der Waals surface area (Å²) in [4.78, 5) is 25.0. The van der Waals surface area contributed by atoms with Crippen LogP contribution in [-0.2, 0) is 6.54 Å². The number of rotatable bonds is 5. The van der Waals surface area contributed by atoms with Crippen molar-refractivity contribution in [1.82, 2.24) is 9.55 Å². The van der Waals surface area contributed by atoms with Crippen molar-refractivity contribution >= 4 is 0 Å². The lowest BCUT2D eigenvalue weighted by atomic mass is 10.0. The quantitative estimate of drug-likeness (QED) is 0.798. The number of aryl methyl sites for hydroxylation is 2. The molecule has 1 aromatic heterocycles. The molecule has 1 saturated carbocycles. The summed E-state index contributed by atoms with van der Waals surface area (Å²) in [6, 6.07) is 0. The summed E-state index contributed by atoms with van der Waals surface area (Å²) >= 11 is 0. The molecule has 4 nitrogen and oxygen atoms in total. The molecule has 0 atom stereocenters. The van der Waals surface area contributed by atoms with E-state index in [0.29, 0.717) is 12.1 Å². The average molecular weight is 245 g/mol. The number of hydrogen-bond acceptors (Lipinski definition) is 2. The number of unbranched alkanes of at least 4 members (excludes halogenated alkanes) is 1. The zero-order valence-corrected chi connectivity index (χ0v) is 10.5. The smallest absolute Gasteiger partial charge is 0.300 e. The topological polar surface area (TPSA) is 54.9 Å². The fraction of sp³-hybridized carbons (Fsp3) is 0.357. The van der Waals surface area contributed by atoms with Crippen LogP contribution in [0.25, 0.3) is 0 Å². The van der Waals surface area contributed by atoms with E-state index in [1.807, 2.05) is 12.8 Å². The van der Waals surface area contributed by atoms with Crippen LogP contribution in [0.3, 0.4) is 0 Å². The molecule has 95 valence electrons. The number of aromatic amines is 1. The second-order valence-electron chi connectivity index (χ2n) is 4.52. The van der Waals surface area contributed by atoms with Crippen LogP contribution >= 0.6 is 0 Å². The fourth-order valence-electron chi connectivity index (χ4n) is 1.98. The Hall–Kier alpha value is -1.32.